The molecule has 0 bridgehead atoms. The third-order valence-electron chi connectivity index (χ3n) is 3.22. The molecule has 3 N–H and O–H groups in total. The van der Waals surface area contributed by atoms with Gasteiger partial charge >= 0.3 is 12.0 Å². The van der Waals surface area contributed by atoms with Crippen LogP contribution in [-0.4, -0.2) is 37.1 Å². The third-order valence-corrected chi connectivity index (χ3v) is 3.22. The summed E-state index contributed by atoms with van der Waals surface area (Å²) < 4.78 is 0. The average Bonchev–Trinajstić information content (AvgIpc) is 2.45. The molecule has 0 aliphatic heterocycles. The molecule has 0 heterocycles. The lowest BCUT2D eigenvalue weighted by atomic mass is 9.89. The quantitative estimate of drug-likeness (QED) is 0.773. The molecule has 0 saturated carbocycles. The Bertz CT molecular complexity index is 584. The van der Waals surface area contributed by atoms with Gasteiger partial charge in [-0.05, 0) is 32.0 Å². The van der Waals surface area contributed by atoms with Gasteiger partial charge in [0.2, 0.25) is 5.91 Å². The van der Waals surface area contributed by atoms with E-state index >= 15 is 0 Å². The highest BCUT2D eigenvalue weighted by Gasteiger charge is 2.30. The van der Waals surface area contributed by atoms with E-state index in [9.17, 15) is 14.4 Å². The molecule has 0 radical (unpaired) electrons. The molecule has 1 aromatic rings. The molecule has 1 rings (SSSR count). The van der Waals surface area contributed by atoms with Crippen LogP contribution in [0.2, 0.25) is 0 Å². The molecule has 0 aliphatic rings. The van der Waals surface area contributed by atoms with E-state index < -0.39 is 17.3 Å². The van der Waals surface area contributed by atoms with Crippen molar-refractivity contribution in [1.29, 1.82) is 0 Å². The van der Waals surface area contributed by atoms with Crippen molar-refractivity contribution in [3.8, 4) is 0 Å². The molecule has 0 aliphatic carbocycles. The van der Waals surface area contributed by atoms with Gasteiger partial charge in [0.1, 0.15) is 0 Å². The molecule has 22 heavy (non-hydrogen) atoms. The number of urea groups is 1. The summed E-state index contributed by atoms with van der Waals surface area (Å²) in [5.41, 5.74) is -0.0327. The number of nitrogens with one attached hydrogen (secondary N) is 2. The summed E-state index contributed by atoms with van der Waals surface area (Å²) in [6.45, 7) is 2.98. The van der Waals surface area contributed by atoms with E-state index in [0.29, 0.717) is 11.4 Å². The summed E-state index contributed by atoms with van der Waals surface area (Å²) in [5, 5.41) is 14.2. The number of hydrogen-bond donors (Lipinski definition) is 3. The van der Waals surface area contributed by atoms with Crippen LogP contribution >= 0.6 is 0 Å². The molecule has 120 valence electrons. The minimum absolute atomic E-state index is 0.141. The Balaban J connectivity index is 2.81. The largest absolute Gasteiger partial charge is 0.481 e. The monoisotopic (exact) mass is 307 g/mol. The highest BCUT2D eigenvalue weighted by Crippen LogP contribution is 2.23. The number of hydrogen-bond acceptors (Lipinski definition) is 3. The fourth-order valence-electron chi connectivity index (χ4n) is 1.76. The highest BCUT2D eigenvalue weighted by molar-refractivity contribution is 5.96. The minimum Gasteiger partial charge on any atom is -0.481 e. The molecular weight excluding hydrogens is 286 g/mol. The summed E-state index contributed by atoms with van der Waals surface area (Å²) in [5.74, 6) is -1.43. The van der Waals surface area contributed by atoms with Crippen LogP contribution in [0.3, 0.4) is 0 Å². The maximum Gasteiger partial charge on any atom is 0.321 e. The van der Waals surface area contributed by atoms with Gasteiger partial charge in [-0.2, -0.15) is 0 Å². The first-order valence-corrected chi connectivity index (χ1v) is 6.76. The number of anilines is 2. The van der Waals surface area contributed by atoms with Crippen molar-refractivity contribution in [3.63, 3.8) is 0 Å². The number of carboxylic acid groups (broad SMARTS) is 1. The van der Waals surface area contributed by atoms with Crippen LogP contribution in [0.4, 0.5) is 16.2 Å². The number of aliphatic carboxylic acids is 1. The lowest BCUT2D eigenvalue weighted by molar-refractivity contribution is -0.148. The van der Waals surface area contributed by atoms with Crippen molar-refractivity contribution in [2.45, 2.75) is 20.3 Å². The van der Waals surface area contributed by atoms with Gasteiger partial charge in [-0.25, -0.2) is 4.79 Å². The van der Waals surface area contributed by atoms with Crippen LogP contribution in [0.25, 0.3) is 0 Å². The number of nitrogens with zero attached hydrogens (tertiary/aromatic N) is 1. The molecule has 7 heteroatoms. The first-order chi connectivity index (χ1) is 10.2. The summed E-state index contributed by atoms with van der Waals surface area (Å²) in [6, 6.07) is 6.46. The van der Waals surface area contributed by atoms with Crippen LogP contribution in [-0.2, 0) is 9.59 Å². The number of amides is 3. The Morgan fingerprint density at radius 1 is 1.27 bits per heavy atom. The van der Waals surface area contributed by atoms with E-state index in [1.165, 1.54) is 25.8 Å². The van der Waals surface area contributed by atoms with Crippen molar-refractivity contribution in [3.05, 3.63) is 24.3 Å². The van der Waals surface area contributed by atoms with Gasteiger partial charge in [-0.1, -0.05) is 6.07 Å². The fraction of sp³-hybridized carbons (Fsp3) is 0.400. The van der Waals surface area contributed by atoms with Crippen LogP contribution in [0, 0.1) is 5.41 Å². The van der Waals surface area contributed by atoms with Gasteiger partial charge in [0.15, 0.2) is 0 Å². The van der Waals surface area contributed by atoms with E-state index in [1.54, 1.807) is 31.3 Å². The lowest BCUT2D eigenvalue weighted by Gasteiger charge is -2.19. The summed E-state index contributed by atoms with van der Waals surface area (Å²) >= 11 is 0. The molecule has 0 atom stereocenters. The SMILES string of the molecule is CNC(=O)N(C)c1cccc(NC(=O)CC(C)(C)C(=O)O)c1. The molecule has 7 nitrogen and oxygen atoms in total. The maximum absolute atomic E-state index is 11.9. The van der Waals surface area contributed by atoms with Crippen molar-refractivity contribution < 1.29 is 19.5 Å². The molecule has 0 saturated heterocycles. The first-order valence-electron chi connectivity index (χ1n) is 6.76. The highest BCUT2D eigenvalue weighted by atomic mass is 16.4. The minimum atomic E-state index is -1.14. The van der Waals surface area contributed by atoms with Gasteiger partial charge in [0, 0.05) is 31.9 Å². The maximum atomic E-state index is 11.9. The van der Waals surface area contributed by atoms with Crippen LogP contribution in [0.1, 0.15) is 20.3 Å². The number of carboxylic acids is 1. The van der Waals surface area contributed by atoms with Gasteiger partial charge < -0.3 is 15.7 Å². The normalized spacial score (nSPS) is 10.7. The number of carbonyl (C=O) groups excluding carboxylic acids is 2. The van der Waals surface area contributed by atoms with Crippen LogP contribution < -0.4 is 15.5 Å². The summed E-state index contributed by atoms with van der Waals surface area (Å²) in [6.07, 6.45) is -0.141. The standard InChI is InChI=1S/C15H21N3O4/c1-15(2,13(20)21)9-12(19)17-10-6-5-7-11(8-10)18(4)14(22)16-3/h5-8H,9H2,1-4H3,(H,16,22)(H,17,19)(H,20,21). The Hall–Kier alpha value is -2.57. The summed E-state index contributed by atoms with van der Waals surface area (Å²) in [7, 11) is 3.13. The second-order valence-electron chi connectivity index (χ2n) is 5.58. The van der Waals surface area contributed by atoms with Gasteiger partial charge in [0.25, 0.3) is 0 Å². The number of rotatable bonds is 5. The number of carbonyl (C=O) groups is 3. The molecule has 0 spiro atoms. The Morgan fingerprint density at radius 3 is 2.45 bits per heavy atom. The zero-order valence-corrected chi connectivity index (χ0v) is 13.1. The molecular formula is C15H21N3O4. The summed E-state index contributed by atoms with van der Waals surface area (Å²) in [4.78, 5) is 35.9. The second-order valence-corrected chi connectivity index (χ2v) is 5.58. The van der Waals surface area contributed by atoms with E-state index in [0.717, 1.165) is 0 Å². The van der Waals surface area contributed by atoms with Gasteiger partial charge in [-0.3, -0.25) is 14.5 Å². The van der Waals surface area contributed by atoms with Gasteiger partial charge in [0.05, 0.1) is 5.41 Å². The van der Waals surface area contributed by atoms with E-state index in [1.807, 2.05) is 0 Å². The second kappa shape index (κ2) is 6.93. The zero-order chi connectivity index (χ0) is 16.9. The van der Waals surface area contributed by atoms with Crippen LogP contribution in [0.5, 0.6) is 0 Å². The smallest absolute Gasteiger partial charge is 0.321 e. The first kappa shape index (κ1) is 17.5. The van der Waals surface area contributed by atoms with E-state index in [2.05, 4.69) is 10.6 Å². The number of benzene rings is 1. The Labute approximate surface area is 129 Å². The molecule has 0 aromatic heterocycles. The topological polar surface area (TPSA) is 98.7 Å². The Morgan fingerprint density at radius 2 is 1.91 bits per heavy atom. The molecule has 0 unspecified atom stereocenters. The molecule has 0 fully saturated rings. The van der Waals surface area contributed by atoms with E-state index in [4.69, 9.17) is 5.11 Å². The van der Waals surface area contributed by atoms with E-state index in [-0.39, 0.29) is 12.5 Å². The zero-order valence-electron chi connectivity index (χ0n) is 13.1. The van der Waals surface area contributed by atoms with Crippen molar-refractivity contribution >= 4 is 29.3 Å². The van der Waals surface area contributed by atoms with Crippen molar-refractivity contribution in [1.82, 2.24) is 5.32 Å². The molecule has 3 amide bonds. The predicted octanol–water partition coefficient (Wildman–Crippen LogP) is 1.90. The fourth-order valence-corrected chi connectivity index (χ4v) is 1.76. The predicted molar refractivity (Wildman–Crippen MR) is 84.0 cm³/mol. The Kier molecular flexibility index (Phi) is 5.50. The third kappa shape index (κ3) is 4.47. The molecule has 1 aromatic carbocycles. The van der Waals surface area contributed by atoms with Crippen molar-refractivity contribution in [2.75, 3.05) is 24.3 Å². The van der Waals surface area contributed by atoms with Gasteiger partial charge in [-0.15, -0.1) is 0 Å². The lowest BCUT2D eigenvalue weighted by Crippen LogP contribution is -2.34. The van der Waals surface area contributed by atoms with Crippen molar-refractivity contribution in [2.24, 2.45) is 5.41 Å². The average molecular weight is 307 g/mol. The van der Waals surface area contributed by atoms with Crippen LogP contribution in [0.15, 0.2) is 24.3 Å².